The standard InChI is InChI=1S/C26H27ClN2O4/c1-3-28-26(31)25(20-9-5-4-6-10-20)29(17-19-13-15-21(32-2)16-14-19)24(30)18-33-23-12-8-7-11-22(23)27/h4-16,25H,3,17-18H2,1-2H3,(H,28,31)/t25-/m1/s1. The molecule has 7 heteroatoms. The maximum absolute atomic E-state index is 13.4. The SMILES string of the molecule is CCNC(=O)[C@@H](c1ccccc1)N(Cc1ccc(OC)cc1)C(=O)COc1ccccc1Cl. The van der Waals surface area contributed by atoms with E-state index in [0.29, 0.717) is 28.6 Å². The highest BCUT2D eigenvalue weighted by Crippen LogP contribution is 2.26. The molecular formula is C26H27ClN2O4. The molecule has 2 amide bonds. The first-order valence-electron chi connectivity index (χ1n) is 10.7. The van der Waals surface area contributed by atoms with Crippen molar-refractivity contribution in [3.05, 3.63) is 95.0 Å². The maximum Gasteiger partial charge on any atom is 0.261 e. The molecule has 0 saturated heterocycles. The summed E-state index contributed by atoms with van der Waals surface area (Å²) in [6.07, 6.45) is 0. The van der Waals surface area contributed by atoms with Crippen LogP contribution in [-0.4, -0.2) is 37.0 Å². The van der Waals surface area contributed by atoms with Gasteiger partial charge in [-0.05, 0) is 42.3 Å². The minimum atomic E-state index is -0.824. The minimum Gasteiger partial charge on any atom is -0.497 e. The lowest BCUT2D eigenvalue weighted by molar-refractivity contribution is -0.143. The molecule has 3 aromatic carbocycles. The van der Waals surface area contributed by atoms with E-state index in [1.807, 2.05) is 61.5 Å². The summed E-state index contributed by atoms with van der Waals surface area (Å²) in [5.41, 5.74) is 1.56. The summed E-state index contributed by atoms with van der Waals surface area (Å²) < 4.78 is 10.9. The van der Waals surface area contributed by atoms with Crippen molar-refractivity contribution in [2.75, 3.05) is 20.3 Å². The molecule has 3 aromatic rings. The van der Waals surface area contributed by atoms with E-state index < -0.39 is 6.04 Å². The van der Waals surface area contributed by atoms with Crippen LogP contribution in [0.5, 0.6) is 11.5 Å². The first kappa shape index (κ1) is 24.1. The van der Waals surface area contributed by atoms with Crippen LogP contribution in [0.15, 0.2) is 78.9 Å². The molecule has 0 heterocycles. The fourth-order valence-corrected chi connectivity index (χ4v) is 3.60. The Hall–Kier alpha value is -3.51. The Morgan fingerprint density at radius 3 is 2.27 bits per heavy atom. The first-order valence-corrected chi connectivity index (χ1v) is 11.0. The van der Waals surface area contributed by atoms with E-state index >= 15 is 0 Å². The topological polar surface area (TPSA) is 67.9 Å². The van der Waals surface area contributed by atoms with E-state index in [-0.39, 0.29) is 25.0 Å². The van der Waals surface area contributed by atoms with Gasteiger partial charge in [0.25, 0.3) is 5.91 Å². The highest BCUT2D eigenvalue weighted by atomic mass is 35.5. The molecule has 0 aliphatic rings. The number of halogens is 1. The van der Waals surface area contributed by atoms with Crippen molar-refractivity contribution in [2.24, 2.45) is 0 Å². The van der Waals surface area contributed by atoms with Gasteiger partial charge in [-0.3, -0.25) is 9.59 Å². The summed E-state index contributed by atoms with van der Waals surface area (Å²) in [5.74, 6) is 0.516. The van der Waals surface area contributed by atoms with Crippen LogP contribution >= 0.6 is 11.6 Å². The molecule has 0 fully saturated rings. The number of benzene rings is 3. The van der Waals surface area contributed by atoms with E-state index in [1.165, 1.54) is 4.90 Å². The van der Waals surface area contributed by atoms with Crippen LogP contribution in [0.25, 0.3) is 0 Å². The van der Waals surface area contributed by atoms with Gasteiger partial charge in [-0.15, -0.1) is 0 Å². The molecule has 0 radical (unpaired) electrons. The van der Waals surface area contributed by atoms with E-state index in [1.54, 1.807) is 31.4 Å². The monoisotopic (exact) mass is 466 g/mol. The van der Waals surface area contributed by atoms with Gasteiger partial charge in [0, 0.05) is 13.1 Å². The van der Waals surface area contributed by atoms with Crippen molar-refractivity contribution >= 4 is 23.4 Å². The van der Waals surface area contributed by atoms with Gasteiger partial charge >= 0.3 is 0 Å². The van der Waals surface area contributed by atoms with Crippen LogP contribution in [-0.2, 0) is 16.1 Å². The smallest absolute Gasteiger partial charge is 0.261 e. The fourth-order valence-electron chi connectivity index (χ4n) is 3.41. The van der Waals surface area contributed by atoms with Gasteiger partial charge in [-0.1, -0.05) is 66.2 Å². The van der Waals surface area contributed by atoms with Crippen molar-refractivity contribution < 1.29 is 19.1 Å². The highest BCUT2D eigenvalue weighted by Gasteiger charge is 2.31. The molecule has 0 bridgehead atoms. The number of methoxy groups -OCH3 is 1. The lowest BCUT2D eigenvalue weighted by Gasteiger charge is -2.31. The Morgan fingerprint density at radius 2 is 1.64 bits per heavy atom. The first-order chi connectivity index (χ1) is 16.0. The van der Waals surface area contributed by atoms with Gasteiger partial charge in [0.15, 0.2) is 6.61 Å². The molecule has 33 heavy (non-hydrogen) atoms. The van der Waals surface area contributed by atoms with Gasteiger partial charge in [-0.2, -0.15) is 0 Å². The summed E-state index contributed by atoms with van der Waals surface area (Å²) in [6.45, 7) is 2.24. The highest BCUT2D eigenvalue weighted by molar-refractivity contribution is 6.32. The molecule has 1 N–H and O–H groups in total. The zero-order valence-electron chi connectivity index (χ0n) is 18.7. The summed E-state index contributed by atoms with van der Waals surface area (Å²) in [4.78, 5) is 28.1. The number of likely N-dealkylation sites (N-methyl/N-ethyl adjacent to an activating group) is 1. The molecule has 0 aliphatic heterocycles. The lowest BCUT2D eigenvalue weighted by Crippen LogP contribution is -2.45. The van der Waals surface area contributed by atoms with Crippen LogP contribution in [0.4, 0.5) is 0 Å². The summed E-state index contributed by atoms with van der Waals surface area (Å²) in [6, 6.07) is 22.7. The van der Waals surface area contributed by atoms with Gasteiger partial charge in [0.05, 0.1) is 12.1 Å². The van der Waals surface area contributed by atoms with Crippen molar-refractivity contribution in [3.63, 3.8) is 0 Å². The molecule has 1 atom stereocenters. The largest absolute Gasteiger partial charge is 0.497 e. The van der Waals surface area contributed by atoms with Crippen LogP contribution < -0.4 is 14.8 Å². The third kappa shape index (κ3) is 6.49. The Morgan fingerprint density at radius 1 is 0.970 bits per heavy atom. The van der Waals surface area contributed by atoms with Crippen molar-refractivity contribution in [1.82, 2.24) is 10.2 Å². The van der Waals surface area contributed by atoms with Crippen LogP contribution in [0.3, 0.4) is 0 Å². The van der Waals surface area contributed by atoms with Gasteiger partial charge < -0.3 is 19.7 Å². The molecule has 0 aromatic heterocycles. The summed E-state index contributed by atoms with van der Waals surface area (Å²) in [5, 5.41) is 3.26. The third-order valence-electron chi connectivity index (χ3n) is 5.05. The number of rotatable bonds is 10. The predicted molar refractivity (Wildman–Crippen MR) is 128 cm³/mol. The Balaban J connectivity index is 1.93. The Kier molecular flexibility index (Phi) is 8.72. The van der Waals surface area contributed by atoms with E-state index in [2.05, 4.69) is 5.32 Å². The van der Waals surface area contributed by atoms with Crippen molar-refractivity contribution in [2.45, 2.75) is 19.5 Å². The number of hydrogen-bond donors (Lipinski definition) is 1. The van der Waals surface area contributed by atoms with E-state index in [0.717, 1.165) is 5.56 Å². The number of nitrogens with one attached hydrogen (secondary N) is 1. The molecule has 6 nitrogen and oxygen atoms in total. The summed E-state index contributed by atoms with van der Waals surface area (Å²) in [7, 11) is 1.59. The fraction of sp³-hybridized carbons (Fsp3) is 0.231. The second-order valence-electron chi connectivity index (χ2n) is 7.30. The van der Waals surface area contributed by atoms with E-state index in [4.69, 9.17) is 21.1 Å². The normalized spacial score (nSPS) is 11.4. The Bertz CT molecular complexity index is 1060. The molecule has 0 saturated carbocycles. The van der Waals surface area contributed by atoms with Gasteiger partial charge in [0.2, 0.25) is 5.91 Å². The third-order valence-corrected chi connectivity index (χ3v) is 5.36. The average Bonchev–Trinajstić information content (AvgIpc) is 2.84. The second-order valence-corrected chi connectivity index (χ2v) is 7.70. The molecule has 0 aliphatic carbocycles. The second kappa shape index (κ2) is 11.9. The number of para-hydroxylation sites is 1. The quantitative estimate of drug-likeness (QED) is 0.473. The zero-order chi connectivity index (χ0) is 23.6. The predicted octanol–water partition coefficient (Wildman–Crippen LogP) is 4.63. The lowest BCUT2D eigenvalue weighted by atomic mass is 10.0. The number of nitrogens with zero attached hydrogens (tertiary/aromatic N) is 1. The molecule has 0 unspecified atom stereocenters. The van der Waals surface area contributed by atoms with Gasteiger partial charge in [0.1, 0.15) is 17.5 Å². The number of carbonyl (C=O) groups excluding carboxylic acids is 2. The van der Waals surface area contributed by atoms with Gasteiger partial charge in [-0.25, -0.2) is 0 Å². The molecule has 172 valence electrons. The van der Waals surface area contributed by atoms with Crippen LogP contribution in [0.1, 0.15) is 24.1 Å². The zero-order valence-corrected chi connectivity index (χ0v) is 19.4. The van der Waals surface area contributed by atoms with Crippen molar-refractivity contribution in [1.29, 1.82) is 0 Å². The maximum atomic E-state index is 13.4. The Labute approximate surface area is 199 Å². The van der Waals surface area contributed by atoms with E-state index in [9.17, 15) is 9.59 Å². The average molecular weight is 467 g/mol. The minimum absolute atomic E-state index is 0.214. The number of ether oxygens (including phenoxy) is 2. The summed E-state index contributed by atoms with van der Waals surface area (Å²) >= 11 is 6.17. The van der Waals surface area contributed by atoms with Crippen molar-refractivity contribution in [3.8, 4) is 11.5 Å². The number of hydrogen-bond acceptors (Lipinski definition) is 4. The number of amides is 2. The molecule has 0 spiro atoms. The molecular weight excluding hydrogens is 440 g/mol. The molecule has 3 rings (SSSR count). The van der Waals surface area contributed by atoms with Crippen LogP contribution in [0, 0.1) is 0 Å². The number of carbonyl (C=O) groups is 2. The van der Waals surface area contributed by atoms with Crippen LogP contribution in [0.2, 0.25) is 5.02 Å².